The van der Waals surface area contributed by atoms with E-state index in [0.717, 1.165) is 19.8 Å². The first-order valence-corrected chi connectivity index (χ1v) is 12.1. The molecule has 156 valence electrons. The summed E-state index contributed by atoms with van der Waals surface area (Å²) in [4.78, 5) is 1.40. The van der Waals surface area contributed by atoms with E-state index in [-0.39, 0.29) is 0 Å². The quantitative estimate of drug-likeness (QED) is 0.422. The van der Waals surface area contributed by atoms with Crippen LogP contribution in [0.4, 0.5) is 0 Å². The maximum absolute atomic E-state index is 5.61. The molecule has 3 aromatic rings. The van der Waals surface area contributed by atoms with Crippen LogP contribution in [0.1, 0.15) is 54.3 Å². The number of thiophene rings is 1. The molecule has 0 bridgehead atoms. The predicted molar refractivity (Wildman–Crippen MR) is 129 cm³/mol. The molecule has 0 N–H and O–H groups in total. The number of fused-ring (bicyclic) bond motifs is 1. The lowest BCUT2D eigenvalue weighted by Gasteiger charge is -2.23. The van der Waals surface area contributed by atoms with Crippen LogP contribution in [0.15, 0.2) is 46.9 Å². The summed E-state index contributed by atoms with van der Waals surface area (Å²) in [6, 6.07) is 11.3. The van der Waals surface area contributed by atoms with Crippen LogP contribution in [-0.4, -0.2) is 17.8 Å². The van der Waals surface area contributed by atoms with E-state index in [0.29, 0.717) is 5.92 Å². The minimum absolute atomic E-state index is 0.711. The van der Waals surface area contributed by atoms with Gasteiger partial charge in [0.25, 0.3) is 0 Å². The number of rotatable bonds is 5. The van der Waals surface area contributed by atoms with Crippen LogP contribution in [0.2, 0.25) is 0 Å². The second-order valence-electron chi connectivity index (χ2n) is 8.88. The second-order valence-corrected chi connectivity index (χ2v) is 10.0. The van der Waals surface area contributed by atoms with Crippen molar-refractivity contribution in [2.24, 2.45) is 5.92 Å². The van der Waals surface area contributed by atoms with E-state index in [1.165, 1.54) is 69.4 Å². The Labute approximate surface area is 183 Å². The van der Waals surface area contributed by atoms with Crippen molar-refractivity contribution >= 4 is 33.9 Å². The molecule has 3 heterocycles. The van der Waals surface area contributed by atoms with Gasteiger partial charge in [-0.25, -0.2) is 0 Å². The summed E-state index contributed by atoms with van der Waals surface area (Å²) in [6.45, 7) is 9.78. The van der Waals surface area contributed by atoms with Gasteiger partial charge in [0.1, 0.15) is 0 Å². The zero-order valence-corrected chi connectivity index (χ0v) is 19.1. The van der Waals surface area contributed by atoms with Gasteiger partial charge >= 0.3 is 0 Å². The average Bonchev–Trinajstić information content (AvgIpc) is 3.46. The highest BCUT2D eigenvalue weighted by atomic mass is 32.1. The van der Waals surface area contributed by atoms with Gasteiger partial charge in [0.05, 0.1) is 0 Å². The van der Waals surface area contributed by atoms with Gasteiger partial charge in [0.2, 0.25) is 0 Å². The monoisotopic (exact) mass is 417 g/mol. The zero-order valence-electron chi connectivity index (χ0n) is 18.3. The Hall–Kier alpha value is -2.10. The smallest absolute Gasteiger partial charge is 0.0488 e. The van der Waals surface area contributed by atoms with Gasteiger partial charge in [-0.3, -0.25) is 0 Å². The first-order chi connectivity index (χ1) is 14.6. The Morgan fingerprint density at radius 2 is 1.90 bits per heavy atom. The highest BCUT2D eigenvalue weighted by Gasteiger charge is 2.26. The fourth-order valence-electron chi connectivity index (χ4n) is 4.98. The minimum atomic E-state index is 0.711. The van der Waals surface area contributed by atoms with Gasteiger partial charge in [0.15, 0.2) is 0 Å². The Kier molecular flexibility index (Phi) is 5.43. The van der Waals surface area contributed by atoms with Crippen LogP contribution in [0.3, 0.4) is 0 Å². The third kappa shape index (κ3) is 3.70. The number of benzene rings is 1. The van der Waals surface area contributed by atoms with E-state index < -0.39 is 0 Å². The van der Waals surface area contributed by atoms with Gasteiger partial charge in [-0.1, -0.05) is 29.8 Å². The predicted octanol–water partition coefficient (Wildman–Crippen LogP) is 7.40. The molecule has 30 heavy (non-hydrogen) atoms. The van der Waals surface area contributed by atoms with E-state index in [4.69, 9.17) is 4.74 Å². The van der Waals surface area contributed by atoms with E-state index in [1.807, 2.05) is 11.3 Å². The number of para-hydroxylation sites is 1. The third-order valence-electron chi connectivity index (χ3n) is 6.78. The summed E-state index contributed by atoms with van der Waals surface area (Å²) in [5.41, 5.74) is 10.2. The number of nitrogens with zero attached hydrogens (tertiary/aromatic N) is 1. The first-order valence-electron chi connectivity index (χ1n) is 11.2. The van der Waals surface area contributed by atoms with Crippen LogP contribution in [0.5, 0.6) is 0 Å². The first kappa shape index (κ1) is 19.8. The summed E-state index contributed by atoms with van der Waals surface area (Å²) >= 11 is 1.83. The summed E-state index contributed by atoms with van der Waals surface area (Å²) in [7, 11) is 0. The van der Waals surface area contributed by atoms with Crippen molar-refractivity contribution in [2.45, 2.75) is 53.0 Å². The molecule has 1 aromatic carbocycles. The van der Waals surface area contributed by atoms with Crippen LogP contribution in [0.25, 0.3) is 22.6 Å². The molecule has 1 aliphatic carbocycles. The van der Waals surface area contributed by atoms with Crippen molar-refractivity contribution in [3.63, 3.8) is 0 Å². The molecular formula is C27H31NOS. The number of ether oxygens (including phenoxy) is 1. The number of aromatic nitrogens is 1. The van der Waals surface area contributed by atoms with Gasteiger partial charge in [-0.05, 0) is 86.6 Å². The molecule has 0 atom stereocenters. The lowest BCUT2D eigenvalue weighted by molar-refractivity contribution is 0.0615. The highest BCUT2D eigenvalue weighted by molar-refractivity contribution is 7.10. The van der Waals surface area contributed by atoms with Gasteiger partial charge in [-0.2, -0.15) is 0 Å². The standard InChI is InChI=1S/C27H31NOS/c1-18(16-23-12-15-30-20(23)3)26(22-8-9-22)27-19(2)28(17-21-10-13-29-14-11-21)25-7-5-4-6-24(25)27/h4-7,12,15-16,21H,8-11,13-14,17H2,1-3H3/b18-16+. The van der Waals surface area contributed by atoms with Crippen molar-refractivity contribution in [1.29, 1.82) is 0 Å². The fourth-order valence-corrected chi connectivity index (χ4v) is 5.67. The summed E-state index contributed by atoms with van der Waals surface area (Å²) in [5.74, 6) is 0.711. The van der Waals surface area contributed by atoms with Crippen molar-refractivity contribution in [1.82, 2.24) is 4.57 Å². The number of hydrogen-bond donors (Lipinski definition) is 0. The Morgan fingerprint density at radius 3 is 2.60 bits per heavy atom. The van der Waals surface area contributed by atoms with Crippen molar-refractivity contribution in [2.75, 3.05) is 13.2 Å². The SMILES string of the molecule is C/C(=C\c1ccsc1C)C(=C1CC1)c1c(C)n(CC2CCOCC2)c2ccccc12. The molecule has 1 saturated carbocycles. The van der Waals surface area contributed by atoms with E-state index in [9.17, 15) is 0 Å². The molecule has 2 nitrogen and oxygen atoms in total. The molecule has 5 rings (SSSR count). The summed E-state index contributed by atoms with van der Waals surface area (Å²) < 4.78 is 8.20. The lowest BCUT2D eigenvalue weighted by atomic mass is 9.94. The molecular weight excluding hydrogens is 386 g/mol. The Balaban J connectivity index is 1.62. The zero-order chi connectivity index (χ0) is 20.7. The molecule has 0 radical (unpaired) electrons. The number of hydrogen-bond acceptors (Lipinski definition) is 2. The minimum Gasteiger partial charge on any atom is -0.381 e. The largest absolute Gasteiger partial charge is 0.381 e. The maximum Gasteiger partial charge on any atom is 0.0488 e. The normalized spacial score (nSPS) is 17.7. The Bertz CT molecular complexity index is 1130. The topological polar surface area (TPSA) is 14.2 Å². The molecule has 3 heteroatoms. The molecule has 2 aromatic heterocycles. The second kappa shape index (κ2) is 8.20. The molecule has 2 fully saturated rings. The molecule has 2 aliphatic rings. The van der Waals surface area contributed by atoms with E-state index in [2.05, 4.69) is 67.1 Å². The van der Waals surface area contributed by atoms with Crippen molar-refractivity contribution in [3.05, 3.63) is 68.6 Å². The highest BCUT2D eigenvalue weighted by Crippen LogP contribution is 2.45. The Morgan fingerprint density at radius 1 is 1.13 bits per heavy atom. The molecule has 1 saturated heterocycles. The van der Waals surface area contributed by atoms with Crippen LogP contribution < -0.4 is 0 Å². The average molecular weight is 418 g/mol. The fraction of sp³-hybridized carbons (Fsp3) is 0.407. The van der Waals surface area contributed by atoms with Gasteiger partial charge < -0.3 is 9.30 Å². The van der Waals surface area contributed by atoms with Crippen molar-refractivity contribution in [3.8, 4) is 0 Å². The van der Waals surface area contributed by atoms with Gasteiger partial charge in [-0.15, -0.1) is 11.3 Å². The van der Waals surface area contributed by atoms with Crippen LogP contribution in [0, 0.1) is 19.8 Å². The lowest BCUT2D eigenvalue weighted by Crippen LogP contribution is -2.20. The van der Waals surface area contributed by atoms with Gasteiger partial charge in [0, 0.05) is 46.8 Å². The molecule has 0 amide bonds. The van der Waals surface area contributed by atoms with E-state index >= 15 is 0 Å². The van der Waals surface area contributed by atoms with Crippen LogP contribution in [-0.2, 0) is 11.3 Å². The summed E-state index contributed by atoms with van der Waals surface area (Å²) in [6.07, 6.45) is 7.22. The summed E-state index contributed by atoms with van der Waals surface area (Å²) in [5, 5.41) is 3.61. The van der Waals surface area contributed by atoms with Crippen LogP contribution >= 0.6 is 11.3 Å². The molecule has 0 unspecified atom stereocenters. The number of allylic oxidation sites excluding steroid dienone is 3. The third-order valence-corrected chi connectivity index (χ3v) is 7.64. The van der Waals surface area contributed by atoms with E-state index in [1.54, 1.807) is 5.57 Å². The van der Waals surface area contributed by atoms with Crippen molar-refractivity contribution < 1.29 is 4.74 Å². The number of aryl methyl sites for hydroxylation is 1. The molecule has 1 aliphatic heterocycles. The molecule has 0 spiro atoms. The maximum atomic E-state index is 5.61.